The van der Waals surface area contributed by atoms with Gasteiger partial charge in [0.1, 0.15) is 66.0 Å². The fraction of sp³-hybridized carbons (Fsp3) is 0.708. The summed E-state index contributed by atoms with van der Waals surface area (Å²) in [6.07, 6.45) is -6.23. The summed E-state index contributed by atoms with van der Waals surface area (Å²) < 4.78 is 5.48. The number of aliphatic hydroxyl groups excluding tert-OH is 4. The maximum atomic E-state index is 15.7. The molecule has 12 amide bonds. The summed E-state index contributed by atoms with van der Waals surface area (Å²) >= 11 is 0. The van der Waals surface area contributed by atoms with E-state index in [0.29, 0.717) is 0 Å². The largest absolute Gasteiger partial charge is 0.444 e. The van der Waals surface area contributed by atoms with E-state index in [1.165, 1.54) is 38.1 Å². The Kier molecular flexibility index (Phi) is 33.8. The molecular formula is C65H111N15O17. The SMILES string of the molecule is CC[C@H](C)[C@@H]1NC(=O)[C@@H](CCCN=C(N)N)NC(=O)[C@H](CC(C)C)NC(=O)[C@H](C(O)C(C)C)NC(=O)[C@@H](NC(=O)[C@H](CC(C)(C)C)NC(=O)[C@@H](CC(C)(C)C)NC(=O)OC(C)(C)C)[C@@H](c2ccccc2)NC(=O)[C@H](CO)NC(=O)C([C@H](C)O)NC(=O)CNC(=O)C([C@H](C)O)NC1=O. The van der Waals surface area contributed by atoms with Crippen LogP contribution in [0.1, 0.15) is 168 Å². The average molecular weight is 1370 g/mol. The first-order chi connectivity index (χ1) is 44.8. The zero-order chi connectivity index (χ0) is 74.2. The van der Waals surface area contributed by atoms with Crippen LogP contribution in [0.25, 0.3) is 0 Å². The van der Waals surface area contributed by atoms with Crippen LogP contribution < -0.4 is 75.3 Å². The number of benzene rings is 1. The Bertz CT molecular complexity index is 2870. The second kappa shape index (κ2) is 38.6. The predicted octanol–water partition coefficient (Wildman–Crippen LogP) is -1.98. The lowest BCUT2D eigenvalue weighted by atomic mass is 9.86. The van der Waals surface area contributed by atoms with E-state index < -0.39 is 197 Å². The lowest BCUT2D eigenvalue weighted by Crippen LogP contribution is -2.65. The quantitative estimate of drug-likeness (QED) is 0.0360. The molecule has 0 bridgehead atoms. The monoisotopic (exact) mass is 1370 g/mol. The number of hydrogen-bond donors (Lipinski definition) is 18. The molecule has 0 radical (unpaired) electrons. The van der Waals surface area contributed by atoms with Crippen LogP contribution in [0.15, 0.2) is 35.3 Å². The van der Waals surface area contributed by atoms with Gasteiger partial charge in [0.25, 0.3) is 0 Å². The molecule has 97 heavy (non-hydrogen) atoms. The molecule has 0 aliphatic carbocycles. The van der Waals surface area contributed by atoms with Crippen molar-refractivity contribution in [2.75, 3.05) is 19.7 Å². The maximum Gasteiger partial charge on any atom is 0.408 e. The van der Waals surface area contributed by atoms with E-state index in [1.54, 1.807) is 75.3 Å². The van der Waals surface area contributed by atoms with Gasteiger partial charge < -0.3 is 100 Å². The predicted molar refractivity (Wildman–Crippen MR) is 359 cm³/mol. The van der Waals surface area contributed by atoms with E-state index in [4.69, 9.17) is 16.2 Å². The number of ether oxygens (including phenoxy) is 1. The van der Waals surface area contributed by atoms with Gasteiger partial charge in [0, 0.05) is 6.54 Å². The van der Waals surface area contributed by atoms with E-state index in [9.17, 15) is 63.6 Å². The molecule has 0 saturated carbocycles. The third-order valence-electron chi connectivity index (χ3n) is 15.3. The van der Waals surface area contributed by atoms with Gasteiger partial charge in [0.2, 0.25) is 65.0 Å². The topological polar surface area (TPSA) is 504 Å². The van der Waals surface area contributed by atoms with Crippen molar-refractivity contribution in [2.45, 2.75) is 247 Å². The van der Waals surface area contributed by atoms with Crippen molar-refractivity contribution in [1.82, 2.24) is 63.8 Å². The van der Waals surface area contributed by atoms with Gasteiger partial charge in [-0.05, 0) is 101 Å². The Morgan fingerprint density at radius 1 is 0.598 bits per heavy atom. The normalized spacial score (nSPS) is 24.2. The minimum atomic E-state index is -2.11. The molecule has 0 aromatic heterocycles. The molecule has 1 heterocycles. The van der Waals surface area contributed by atoms with Gasteiger partial charge in [-0.1, -0.05) is 120 Å². The van der Waals surface area contributed by atoms with Crippen LogP contribution >= 0.6 is 0 Å². The molecule has 1 saturated heterocycles. The number of nitrogens with two attached hydrogens (primary N) is 2. The highest BCUT2D eigenvalue weighted by Gasteiger charge is 2.43. The average Bonchev–Trinajstić information content (AvgIpc) is 0.815. The van der Waals surface area contributed by atoms with E-state index in [-0.39, 0.29) is 62.5 Å². The van der Waals surface area contributed by atoms with Crippen molar-refractivity contribution in [3.8, 4) is 0 Å². The summed E-state index contributed by atoms with van der Waals surface area (Å²) in [6.45, 7) is 25.4. The fourth-order valence-corrected chi connectivity index (χ4v) is 10.1. The first-order valence-corrected chi connectivity index (χ1v) is 32.8. The molecule has 2 rings (SSSR count). The number of hydrogen-bond acceptors (Lipinski definition) is 18. The Morgan fingerprint density at radius 2 is 1.08 bits per heavy atom. The summed E-state index contributed by atoms with van der Waals surface area (Å²) in [4.78, 5) is 177. The highest BCUT2D eigenvalue weighted by molar-refractivity contribution is 6.00. The minimum Gasteiger partial charge on any atom is -0.444 e. The van der Waals surface area contributed by atoms with E-state index in [0.717, 1.165) is 13.8 Å². The van der Waals surface area contributed by atoms with E-state index in [1.807, 2.05) is 20.8 Å². The number of nitrogens with zero attached hydrogens (tertiary/aromatic N) is 1. The van der Waals surface area contributed by atoms with Gasteiger partial charge in [-0.3, -0.25) is 57.7 Å². The van der Waals surface area contributed by atoms with E-state index in [2.05, 4.69) is 68.8 Å². The molecule has 32 nitrogen and oxygen atoms in total. The Hall–Kier alpha value is -8.23. The molecule has 15 atom stereocenters. The van der Waals surface area contributed by atoms with Gasteiger partial charge in [-0.2, -0.15) is 0 Å². The van der Waals surface area contributed by atoms with Crippen molar-refractivity contribution in [1.29, 1.82) is 0 Å². The smallest absolute Gasteiger partial charge is 0.408 e. The van der Waals surface area contributed by atoms with Crippen molar-refractivity contribution in [2.24, 2.45) is 45.0 Å². The molecule has 0 spiro atoms. The minimum absolute atomic E-state index is 0.0300. The van der Waals surface area contributed by atoms with Gasteiger partial charge in [-0.25, -0.2) is 4.79 Å². The summed E-state index contributed by atoms with van der Waals surface area (Å²) in [5, 5.41) is 74.6. The standard InChI is InChI=1S/C65H111N15O17/c1-18-34(6)44-57(92)77-45(35(7)82)56(91)69-30-43(84)75-46(36(8)83)58(93)73-42(31-81)55(90)78-47(37-23-20-19-21-24-37)48(79-54(89)40(28-63(9,10)11)72-53(88)41(29-64(12,13)14)74-62(96)97-65(15,16)17)59(94)80-49(50(85)33(4)5)60(95)71-39(27-32(2)3)52(87)70-38(51(86)76-44)25-22-26-68-61(66)67/h19-21,23-24,32-36,38-42,44-50,81-83,85H,18,22,25-31H2,1-17H3,(H,69,91)(H,70,87)(H,71,95)(H,72,88)(H,73,93)(H,74,96)(H,75,84)(H,76,86)(H,77,92)(H,78,90)(H,79,89)(H,80,94)(H4,66,67,68)/t34-,35-,36-,38+,39-,40-,41+,42-,44-,45?,46?,47+,48-,49-,50?/m0/s1. The molecule has 3 unspecified atom stereocenters. The number of nitrogens with one attached hydrogen (secondary N) is 12. The molecular weight excluding hydrogens is 1260 g/mol. The highest BCUT2D eigenvalue weighted by Crippen LogP contribution is 2.26. The van der Waals surface area contributed by atoms with Crippen LogP contribution in [-0.2, 0) is 57.5 Å². The summed E-state index contributed by atoms with van der Waals surface area (Å²) in [7, 11) is 0. The van der Waals surface area contributed by atoms with Crippen molar-refractivity contribution in [3.63, 3.8) is 0 Å². The Labute approximate surface area is 568 Å². The number of carbonyl (C=O) groups excluding carboxylic acids is 12. The van der Waals surface area contributed by atoms with Gasteiger partial charge in [0.15, 0.2) is 5.96 Å². The third-order valence-corrected chi connectivity index (χ3v) is 15.3. The number of carbonyl (C=O) groups is 12. The van der Waals surface area contributed by atoms with E-state index >= 15 is 14.4 Å². The van der Waals surface area contributed by atoms with Crippen LogP contribution in [0.4, 0.5) is 4.79 Å². The fourth-order valence-electron chi connectivity index (χ4n) is 10.1. The van der Waals surface area contributed by atoms with Crippen LogP contribution in [-0.4, -0.2) is 201 Å². The Morgan fingerprint density at radius 3 is 1.59 bits per heavy atom. The Balaban J connectivity index is 3.17. The van der Waals surface area contributed by atoms with Crippen molar-refractivity contribution in [3.05, 3.63) is 35.9 Å². The van der Waals surface area contributed by atoms with Gasteiger partial charge >= 0.3 is 6.09 Å². The van der Waals surface area contributed by atoms with Crippen molar-refractivity contribution < 1.29 is 82.7 Å². The molecule has 20 N–H and O–H groups in total. The van der Waals surface area contributed by atoms with Crippen LogP contribution in [0, 0.1) is 28.6 Å². The number of alkyl carbamates (subject to hydrolysis) is 1. The van der Waals surface area contributed by atoms with Gasteiger partial charge in [-0.15, -0.1) is 0 Å². The molecule has 1 aromatic rings. The molecule has 548 valence electrons. The van der Waals surface area contributed by atoms with Crippen LogP contribution in [0.5, 0.6) is 0 Å². The molecule has 1 fully saturated rings. The van der Waals surface area contributed by atoms with Crippen LogP contribution in [0.2, 0.25) is 0 Å². The second-order valence-corrected chi connectivity index (χ2v) is 28.9. The van der Waals surface area contributed by atoms with Crippen LogP contribution in [0.3, 0.4) is 0 Å². The lowest BCUT2D eigenvalue weighted by Gasteiger charge is -2.35. The highest BCUT2D eigenvalue weighted by atomic mass is 16.6. The molecule has 1 aromatic carbocycles. The summed E-state index contributed by atoms with van der Waals surface area (Å²) in [5.41, 5.74) is 8.84. The molecule has 1 aliphatic heterocycles. The third kappa shape index (κ3) is 30.0. The second-order valence-electron chi connectivity index (χ2n) is 28.9. The first-order valence-electron chi connectivity index (χ1n) is 32.8. The number of rotatable bonds is 21. The maximum absolute atomic E-state index is 15.7. The molecule has 32 heteroatoms. The zero-order valence-corrected chi connectivity index (χ0v) is 59.3. The number of guanidine groups is 1. The zero-order valence-electron chi connectivity index (χ0n) is 59.3. The number of amides is 12. The van der Waals surface area contributed by atoms with Crippen molar-refractivity contribution >= 4 is 77.0 Å². The molecule has 1 aliphatic rings. The summed E-state index contributed by atoms with van der Waals surface area (Å²) in [5.74, 6) is -14.2. The van der Waals surface area contributed by atoms with Gasteiger partial charge in [0.05, 0.1) is 37.5 Å². The first kappa shape index (κ1) is 84.9. The number of aliphatic hydroxyl groups is 4. The summed E-state index contributed by atoms with van der Waals surface area (Å²) in [6, 6.07) is -11.6. The lowest BCUT2D eigenvalue weighted by molar-refractivity contribution is -0.139. The number of aliphatic imine (C=N–C) groups is 1.